The van der Waals surface area contributed by atoms with E-state index in [2.05, 4.69) is 5.32 Å². The number of nitrogens with one attached hydrogen (secondary N) is 1. The zero-order valence-electron chi connectivity index (χ0n) is 22.6. The number of hydrogen-bond donors (Lipinski definition) is 1. The van der Waals surface area contributed by atoms with Gasteiger partial charge in [-0.15, -0.1) is 0 Å². The van der Waals surface area contributed by atoms with Crippen molar-refractivity contribution >= 4 is 23.4 Å². The predicted octanol–water partition coefficient (Wildman–Crippen LogP) is 5.84. The molecule has 0 saturated carbocycles. The smallest absolute Gasteiger partial charge is 0.243 e. The lowest BCUT2D eigenvalue weighted by molar-refractivity contribution is -0.141. The Bertz CT molecular complexity index is 1200. The van der Waals surface area contributed by atoms with E-state index in [1.54, 1.807) is 25.2 Å². The number of methoxy groups -OCH3 is 2. The third-order valence-electron chi connectivity index (χ3n) is 6.65. The van der Waals surface area contributed by atoms with Crippen molar-refractivity contribution in [3.8, 4) is 11.5 Å². The first-order valence-electron chi connectivity index (χ1n) is 12.9. The molecule has 1 N–H and O–H groups in total. The lowest BCUT2D eigenvalue weighted by atomic mass is 10.0. The summed E-state index contributed by atoms with van der Waals surface area (Å²) in [5.74, 6) is 0.947. The highest BCUT2D eigenvalue weighted by molar-refractivity contribution is 6.31. The van der Waals surface area contributed by atoms with Crippen molar-refractivity contribution in [2.24, 2.45) is 0 Å². The van der Waals surface area contributed by atoms with Crippen molar-refractivity contribution in [3.63, 3.8) is 0 Å². The molecule has 0 spiro atoms. The Morgan fingerprint density at radius 3 is 2.26 bits per heavy atom. The van der Waals surface area contributed by atoms with Gasteiger partial charge in [-0.2, -0.15) is 0 Å². The molecule has 0 unspecified atom stereocenters. The Morgan fingerprint density at radius 1 is 0.921 bits per heavy atom. The Kier molecular flexibility index (Phi) is 11.0. The van der Waals surface area contributed by atoms with Crippen LogP contribution in [0.3, 0.4) is 0 Å². The highest BCUT2D eigenvalue weighted by Gasteiger charge is 2.31. The van der Waals surface area contributed by atoms with Crippen LogP contribution in [0.5, 0.6) is 11.5 Å². The molecule has 0 saturated heterocycles. The van der Waals surface area contributed by atoms with Gasteiger partial charge < -0.3 is 19.7 Å². The molecule has 0 bridgehead atoms. The molecule has 202 valence electrons. The molecule has 0 aliphatic rings. The number of ether oxygens (including phenoxy) is 2. The average molecular weight is 537 g/mol. The Balaban J connectivity index is 1.92. The first kappa shape index (κ1) is 29.1. The van der Waals surface area contributed by atoms with Crippen LogP contribution in [-0.4, -0.2) is 43.0 Å². The highest BCUT2D eigenvalue weighted by atomic mass is 35.5. The van der Waals surface area contributed by atoms with E-state index in [9.17, 15) is 9.59 Å². The number of benzene rings is 3. The molecule has 0 aromatic heterocycles. The minimum Gasteiger partial charge on any atom is -0.493 e. The topological polar surface area (TPSA) is 67.9 Å². The Labute approximate surface area is 230 Å². The number of hydrogen-bond acceptors (Lipinski definition) is 4. The number of aryl methyl sites for hydroxylation is 1. The quantitative estimate of drug-likeness (QED) is 0.298. The molecule has 7 heteroatoms. The van der Waals surface area contributed by atoms with E-state index in [4.69, 9.17) is 21.1 Å². The molecular weight excluding hydrogens is 500 g/mol. The Hall–Kier alpha value is -3.51. The third-order valence-corrected chi connectivity index (χ3v) is 7.01. The van der Waals surface area contributed by atoms with Gasteiger partial charge in [0, 0.05) is 30.5 Å². The molecule has 0 heterocycles. The van der Waals surface area contributed by atoms with Crippen molar-refractivity contribution in [1.82, 2.24) is 10.2 Å². The van der Waals surface area contributed by atoms with E-state index in [1.807, 2.05) is 80.6 Å². The van der Waals surface area contributed by atoms with Gasteiger partial charge in [0.05, 0.1) is 14.2 Å². The standard InChI is InChI=1S/C31H37ClN2O4/c1-5-22(2)33-31(36)27(19-23-11-7-6-8-12-23)34(21-25-13-9-10-14-26(25)32)30(35)18-16-24-15-17-28(37-3)29(20-24)38-4/h6-15,17,20,22,27H,5,16,18-19,21H2,1-4H3,(H,33,36)/t22-,27+/m0/s1. The summed E-state index contributed by atoms with van der Waals surface area (Å²) in [5, 5.41) is 3.65. The molecule has 0 radical (unpaired) electrons. The summed E-state index contributed by atoms with van der Waals surface area (Å²) in [5.41, 5.74) is 2.72. The van der Waals surface area contributed by atoms with Crippen molar-refractivity contribution < 1.29 is 19.1 Å². The van der Waals surface area contributed by atoms with Crippen LogP contribution in [0.2, 0.25) is 5.02 Å². The van der Waals surface area contributed by atoms with Crippen molar-refractivity contribution in [2.75, 3.05) is 14.2 Å². The van der Waals surface area contributed by atoms with E-state index in [0.29, 0.717) is 29.4 Å². The Morgan fingerprint density at radius 2 is 1.61 bits per heavy atom. The number of carbonyl (C=O) groups is 2. The van der Waals surface area contributed by atoms with Gasteiger partial charge in [0.2, 0.25) is 11.8 Å². The van der Waals surface area contributed by atoms with E-state index in [0.717, 1.165) is 23.1 Å². The largest absolute Gasteiger partial charge is 0.493 e. The fourth-order valence-electron chi connectivity index (χ4n) is 4.24. The van der Waals surface area contributed by atoms with Crippen LogP contribution in [0.25, 0.3) is 0 Å². The predicted molar refractivity (Wildman–Crippen MR) is 152 cm³/mol. The van der Waals surface area contributed by atoms with E-state index in [1.165, 1.54) is 0 Å². The van der Waals surface area contributed by atoms with Gasteiger partial charge in [-0.1, -0.05) is 73.1 Å². The average Bonchev–Trinajstić information content (AvgIpc) is 2.94. The highest BCUT2D eigenvalue weighted by Crippen LogP contribution is 2.28. The van der Waals surface area contributed by atoms with Gasteiger partial charge in [-0.25, -0.2) is 0 Å². The number of amides is 2. The molecule has 6 nitrogen and oxygen atoms in total. The first-order valence-corrected chi connectivity index (χ1v) is 13.3. The number of halogens is 1. The molecule has 0 aliphatic carbocycles. The summed E-state index contributed by atoms with van der Waals surface area (Å²) in [6.45, 7) is 4.22. The summed E-state index contributed by atoms with van der Waals surface area (Å²) in [4.78, 5) is 29.1. The minimum absolute atomic E-state index is 0.00944. The van der Waals surface area contributed by atoms with Crippen LogP contribution in [0.1, 0.15) is 43.4 Å². The second-order valence-corrected chi connectivity index (χ2v) is 9.73. The van der Waals surface area contributed by atoms with Crippen LogP contribution >= 0.6 is 11.6 Å². The summed E-state index contributed by atoms with van der Waals surface area (Å²) < 4.78 is 10.7. The molecule has 2 amide bonds. The van der Waals surface area contributed by atoms with Crippen LogP contribution in [0.4, 0.5) is 0 Å². The van der Waals surface area contributed by atoms with Crippen LogP contribution < -0.4 is 14.8 Å². The van der Waals surface area contributed by atoms with E-state index < -0.39 is 6.04 Å². The van der Waals surface area contributed by atoms with E-state index >= 15 is 0 Å². The monoisotopic (exact) mass is 536 g/mol. The van der Waals surface area contributed by atoms with Gasteiger partial charge in [-0.05, 0) is 54.7 Å². The summed E-state index contributed by atoms with van der Waals surface area (Å²) in [7, 11) is 3.17. The van der Waals surface area contributed by atoms with E-state index in [-0.39, 0.29) is 30.8 Å². The lowest BCUT2D eigenvalue weighted by Crippen LogP contribution is -2.52. The maximum atomic E-state index is 13.8. The zero-order chi connectivity index (χ0) is 27.5. The van der Waals surface area contributed by atoms with Crippen molar-refractivity contribution in [2.45, 2.75) is 58.2 Å². The second-order valence-electron chi connectivity index (χ2n) is 9.33. The molecule has 3 aromatic rings. The number of carbonyl (C=O) groups excluding carboxylic acids is 2. The molecule has 3 aromatic carbocycles. The fraction of sp³-hybridized carbons (Fsp3) is 0.355. The fourth-order valence-corrected chi connectivity index (χ4v) is 4.43. The number of nitrogens with zero attached hydrogens (tertiary/aromatic N) is 1. The van der Waals surface area contributed by atoms with Gasteiger partial charge in [-0.3, -0.25) is 9.59 Å². The molecule has 3 rings (SSSR count). The van der Waals surface area contributed by atoms with Crippen LogP contribution in [0, 0.1) is 0 Å². The molecule has 38 heavy (non-hydrogen) atoms. The molecular formula is C31H37ClN2O4. The van der Waals surface area contributed by atoms with Gasteiger partial charge in [0.1, 0.15) is 6.04 Å². The summed E-state index contributed by atoms with van der Waals surface area (Å²) >= 11 is 6.49. The molecule has 0 aliphatic heterocycles. The normalized spacial score (nSPS) is 12.3. The second kappa shape index (κ2) is 14.4. The minimum atomic E-state index is -0.694. The summed E-state index contributed by atoms with van der Waals surface area (Å²) in [6.07, 6.45) is 1.91. The third kappa shape index (κ3) is 7.99. The zero-order valence-corrected chi connectivity index (χ0v) is 23.3. The van der Waals surface area contributed by atoms with Crippen molar-refractivity contribution in [3.05, 3.63) is 94.5 Å². The van der Waals surface area contributed by atoms with Crippen LogP contribution in [0.15, 0.2) is 72.8 Å². The summed E-state index contributed by atoms with van der Waals surface area (Å²) in [6, 6.07) is 22.1. The molecule has 2 atom stereocenters. The lowest BCUT2D eigenvalue weighted by Gasteiger charge is -2.32. The number of rotatable bonds is 13. The molecule has 0 fully saturated rings. The van der Waals surface area contributed by atoms with Gasteiger partial charge in [0.25, 0.3) is 0 Å². The maximum absolute atomic E-state index is 13.8. The maximum Gasteiger partial charge on any atom is 0.243 e. The SMILES string of the molecule is CC[C@H](C)NC(=O)[C@@H](Cc1ccccc1)N(Cc1ccccc1Cl)C(=O)CCc1ccc(OC)c(OC)c1. The van der Waals surface area contributed by atoms with Crippen LogP contribution in [-0.2, 0) is 29.0 Å². The van der Waals surface area contributed by atoms with Crippen molar-refractivity contribution in [1.29, 1.82) is 0 Å². The first-order chi connectivity index (χ1) is 18.4. The van der Waals surface area contributed by atoms with Gasteiger partial charge in [0.15, 0.2) is 11.5 Å². The van der Waals surface area contributed by atoms with Gasteiger partial charge >= 0.3 is 0 Å².